The van der Waals surface area contributed by atoms with Crippen molar-refractivity contribution in [2.75, 3.05) is 5.32 Å². The van der Waals surface area contributed by atoms with Crippen LogP contribution < -0.4 is 10.6 Å². The van der Waals surface area contributed by atoms with E-state index in [4.69, 9.17) is 12.2 Å². The van der Waals surface area contributed by atoms with Gasteiger partial charge in [-0.2, -0.15) is 0 Å². The third kappa shape index (κ3) is 4.07. The molecule has 3 heteroatoms. The van der Waals surface area contributed by atoms with Gasteiger partial charge in [-0.3, -0.25) is 0 Å². The van der Waals surface area contributed by atoms with Crippen molar-refractivity contribution >= 4 is 23.0 Å². The number of hydrogen-bond acceptors (Lipinski definition) is 1. The Hall–Kier alpha value is -1.87. The van der Waals surface area contributed by atoms with E-state index in [1.54, 1.807) is 0 Å². The van der Waals surface area contributed by atoms with Crippen molar-refractivity contribution in [3.8, 4) is 0 Å². The Morgan fingerprint density at radius 3 is 1.95 bits per heavy atom. The second-order valence-electron chi connectivity index (χ2n) is 5.10. The van der Waals surface area contributed by atoms with E-state index in [1.807, 2.05) is 12.1 Å². The molecule has 20 heavy (non-hydrogen) atoms. The number of rotatable bonds is 3. The molecule has 104 valence electrons. The number of thiocarbonyl (C=S) groups is 1. The summed E-state index contributed by atoms with van der Waals surface area (Å²) in [5, 5.41) is 7.14. The summed E-state index contributed by atoms with van der Waals surface area (Å²) < 4.78 is 0. The molecule has 0 amide bonds. The molecule has 0 saturated carbocycles. The first-order valence-electron chi connectivity index (χ1n) is 6.75. The SMILES string of the molecule is Cc1ccc(NC(=S)N[C@H](C)c2ccc(C)cc2)cc1. The summed E-state index contributed by atoms with van der Waals surface area (Å²) in [6, 6.07) is 16.8. The lowest BCUT2D eigenvalue weighted by atomic mass is 10.1. The van der Waals surface area contributed by atoms with Crippen LogP contribution in [-0.2, 0) is 0 Å². The fraction of sp³-hybridized carbons (Fsp3) is 0.235. The van der Waals surface area contributed by atoms with Gasteiger partial charge in [0.2, 0.25) is 0 Å². The number of nitrogens with one attached hydrogen (secondary N) is 2. The van der Waals surface area contributed by atoms with Crippen LogP contribution in [0.1, 0.15) is 29.7 Å². The topological polar surface area (TPSA) is 24.1 Å². The van der Waals surface area contributed by atoms with Crippen LogP contribution in [0.3, 0.4) is 0 Å². The van der Waals surface area contributed by atoms with Gasteiger partial charge in [0.25, 0.3) is 0 Å². The van der Waals surface area contributed by atoms with Crippen LogP contribution >= 0.6 is 12.2 Å². The van der Waals surface area contributed by atoms with Crippen LogP contribution in [0.15, 0.2) is 48.5 Å². The Bertz CT molecular complexity index is 573. The third-order valence-electron chi connectivity index (χ3n) is 3.23. The van der Waals surface area contributed by atoms with Crippen LogP contribution in [0.5, 0.6) is 0 Å². The average molecular weight is 284 g/mol. The summed E-state index contributed by atoms with van der Waals surface area (Å²) in [5.74, 6) is 0. The van der Waals surface area contributed by atoms with Crippen LogP contribution in [-0.4, -0.2) is 5.11 Å². The second kappa shape index (κ2) is 6.53. The molecule has 0 aliphatic heterocycles. The Kier molecular flexibility index (Phi) is 4.74. The fourth-order valence-corrected chi connectivity index (χ4v) is 2.23. The van der Waals surface area contributed by atoms with E-state index in [-0.39, 0.29) is 6.04 Å². The average Bonchev–Trinajstić information content (AvgIpc) is 2.42. The van der Waals surface area contributed by atoms with Crippen LogP contribution in [0.25, 0.3) is 0 Å². The maximum absolute atomic E-state index is 5.35. The summed E-state index contributed by atoms with van der Waals surface area (Å²) in [5.41, 5.74) is 4.73. The summed E-state index contributed by atoms with van der Waals surface area (Å²) >= 11 is 5.35. The van der Waals surface area contributed by atoms with Gasteiger partial charge in [-0.15, -0.1) is 0 Å². The van der Waals surface area contributed by atoms with Crippen molar-refractivity contribution < 1.29 is 0 Å². The Balaban J connectivity index is 1.93. The van der Waals surface area contributed by atoms with E-state index in [0.717, 1.165) is 5.69 Å². The molecule has 0 unspecified atom stereocenters. The number of hydrogen-bond donors (Lipinski definition) is 2. The molecule has 2 nitrogen and oxygen atoms in total. The van der Waals surface area contributed by atoms with Crippen LogP contribution in [0, 0.1) is 13.8 Å². The lowest BCUT2D eigenvalue weighted by Gasteiger charge is -2.17. The predicted molar refractivity (Wildman–Crippen MR) is 90.1 cm³/mol. The van der Waals surface area contributed by atoms with Crippen molar-refractivity contribution in [3.63, 3.8) is 0 Å². The lowest BCUT2D eigenvalue weighted by molar-refractivity contribution is 0.722. The predicted octanol–water partition coefficient (Wildman–Crippen LogP) is 4.35. The van der Waals surface area contributed by atoms with Gasteiger partial charge < -0.3 is 10.6 Å². The minimum atomic E-state index is 0.182. The summed E-state index contributed by atoms with van der Waals surface area (Å²) in [6.07, 6.45) is 0. The van der Waals surface area contributed by atoms with Crippen LogP contribution in [0.4, 0.5) is 5.69 Å². The smallest absolute Gasteiger partial charge is 0.171 e. The van der Waals surface area contributed by atoms with Gasteiger partial charge in [-0.25, -0.2) is 0 Å². The molecule has 0 saturated heterocycles. The number of benzene rings is 2. The molecule has 0 aliphatic rings. The molecular weight excluding hydrogens is 264 g/mol. The molecule has 1 atom stereocenters. The minimum Gasteiger partial charge on any atom is -0.356 e. The van der Waals surface area contributed by atoms with Gasteiger partial charge in [0.15, 0.2) is 5.11 Å². The normalized spacial score (nSPS) is 11.8. The van der Waals surface area contributed by atoms with Gasteiger partial charge in [0.1, 0.15) is 0 Å². The van der Waals surface area contributed by atoms with Crippen molar-refractivity contribution in [1.82, 2.24) is 5.32 Å². The monoisotopic (exact) mass is 284 g/mol. The Morgan fingerprint density at radius 2 is 1.40 bits per heavy atom. The van der Waals surface area contributed by atoms with Crippen LogP contribution in [0.2, 0.25) is 0 Å². The van der Waals surface area contributed by atoms with E-state index >= 15 is 0 Å². The third-order valence-corrected chi connectivity index (χ3v) is 3.45. The highest BCUT2D eigenvalue weighted by molar-refractivity contribution is 7.80. The quantitative estimate of drug-likeness (QED) is 0.819. The molecule has 0 heterocycles. The molecule has 0 radical (unpaired) electrons. The van der Waals surface area contributed by atoms with E-state index in [0.29, 0.717) is 5.11 Å². The highest BCUT2D eigenvalue weighted by Crippen LogP contribution is 2.14. The van der Waals surface area contributed by atoms with E-state index < -0.39 is 0 Å². The van der Waals surface area contributed by atoms with Gasteiger partial charge in [-0.05, 0) is 50.7 Å². The van der Waals surface area contributed by atoms with E-state index in [9.17, 15) is 0 Å². The maximum atomic E-state index is 5.35. The summed E-state index contributed by atoms with van der Waals surface area (Å²) in [6.45, 7) is 6.26. The highest BCUT2D eigenvalue weighted by Gasteiger charge is 2.06. The molecule has 2 N–H and O–H groups in total. The highest BCUT2D eigenvalue weighted by atomic mass is 32.1. The lowest BCUT2D eigenvalue weighted by Crippen LogP contribution is -2.30. The zero-order valence-electron chi connectivity index (χ0n) is 12.1. The van der Waals surface area contributed by atoms with Gasteiger partial charge >= 0.3 is 0 Å². The van der Waals surface area contributed by atoms with Gasteiger partial charge in [0.05, 0.1) is 6.04 Å². The zero-order chi connectivity index (χ0) is 14.5. The maximum Gasteiger partial charge on any atom is 0.171 e. The molecule has 0 fully saturated rings. The molecule has 2 rings (SSSR count). The van der Waals surface area contributed by atoms with Gasteiger partial charge in [-0.1, -0.05) is 47.5 Å². The number of aryl methyl sites for hydroxylation is 2. The first-order chi connectivity index (χ1) is 9.54. The Labute approximate surface area is 126 Å². The largest absolute Gasteiger partial charge is 0.356 e. The summed E-state index contributed by atoms with van der Waals surface area (Å²) in [7, 11) is 0. The first-order valence-corrected chi connectivity index (χ1v) is 7.16. The summed E-state index contributed by atoms with van der Waals surface area (Å²) in [4.78, 5) is 0. The molecular formula is C17H20N2S. The molecule has 2 aromatic rings. The van der Waals surface area contributed by atoms with E-state index in [2.05, 4.69) is 67.8 Å². The minimum absolute atomic E-state index is 0.182. The number of anilines is 1. The fourth-order valence-electron chi connectivity index (χ4n) is 1.94. The molecule has 0 aliphatic carbocycles. The van der Waals surface area contributed by atoms with Crippen molar-refractivity contribution in [2.24, 2.45) is 0 Å². The molecule has 0 bridgehead atoms. The van der Waals surface area contributed by atoms with E-state index in [1.165, 1.54) is 16.7 Å². The van der Waals surface area contributed by atoms with Gasteiger partial charge in [0, 0.05) is 5.69 Å². The standard InChI is InChI=1S/C17H20N2S/c1-12-4-8-15(9-5-12)14(3)18-17(20)19-16-10-6-13(2)7-11-16/h4-11,14H,1-3H3,(H2,18,19,20)/t14-/m1/s1. The molecule has 0 aromatic heterocycles. The van der Waals surface area contributed by atoms with Crippen molar-refractivity contribution in [3.05, 3.63) is 65.2 Å². The van der Waals surface area contributed by atoms with Crippen molar-refractivity contribution in [1.29, 1.82) is 0 Å². The molecule has 2 aromatic carbocycles. The molecule has 0 spiro atoms. The van der Waals surface area contributed by atoms with Crippen molar-refractivity contribution in [2.45, 2.75) is 26.8 Å². The zero-order valence-corrected chi connectivity index (χ0v) is 12.9. The Morgan fingerprint density at radius 1 is 0.900 bits per heavy atom. The first kappa shape index (κ1) is 14.5. The second-order valence-corrected chi connectivity index (χ2v) is 5.51.